The Hall–Kier alpha value is -4.39. The first-order chi connectivity index (χ1) is 18.0. The number of Topliss-reactive ketones (excluding diaryl/α,β-unsaturated/α-hetero) is 1. The molecule has 0 aliphatic carbocycles. The molecule has 0 spiro atoms. The molecule has 1 fully saturated rings. The van der Waals surface area contributed by atoms with Gasteiger partial charge >= 0.3 is 0 Å². The van der Waals surface area contributed by atoms with Crippen LogP contribution < -0.4 is 4.74 Å². The number of nitrogens with zero attached hydrogens (tertiary/aromatic N) is 3. The highest BCUT2D eigenvalue weighted by Crippen LogP contribution is 2.41. The number of hydrogen-bond acceptors (Lipinski definition) is 5. The number of aryl methyl sites for hydroxylation is 1. The fraction of sp³-hybridized carbons (Fsp3) is 0.233. The van der Waals surface area contributed by atoms with E-state index in [0.717, 1.165) is 24.2 Å². The molecule has 37 heavy (non-hydrogen) atoms. The Bertz CT molecular complexity index is 1470. The number of amides is 1. The number of carbonyl (C=O) groups is 2. The van der Waals surface area contributed by atoms with Crippen LogP contribution in [0.4, 0.5) is 0 Å². The Morgan fingerprint density at radius 3 is 2.46 bits per heavy atom. The molecule has 1 amide bonds. The Balaban J connectivity index is 1.63. The molecule has 5 rings (SSSR count). The van der Waals surface area contributed by atoms with Gasteiger partial charge in [0.1, 0.15) is 17.1 Å². The number of aliphatic hydroxyl groups is 1. The minimum Gasteiger partial charge on any atom is -0.505 e. The molecule has 7 nitrogen and oxygen atoms in total. The van der Waals surface area contributed by atoms with E-state index in [1.54, 1.807) is 17.5 Å². The molecule has 4 aromatic rings. The summed E-state index contributed by atoms with van der Waals surface area (Å²) in [6.07, 6.45) is 3.77. The van der Waals surface area contributed by atoms with Gasteiger partial charge in [-0.15, -0.1) is 0 Å². The number of carbonyl (C=O) groups excluding carboxylic acids is 2. The van der Waals surface area contributed by atoms with Crippen molar-refractivity contribution in [3.8, 4) is 5.75 Å². The Kier molecular flexibility index (Phi) is 6.77. The maximum absolute atomic E-state index is 13.5. The van der Waals surface area contributed by atoms with Crippen molar-refractivity contribution in [2.75, 3.05) is 6.61 Å². The van der Waals surface area contributed by atoms with E-state index in [9.17, 15) is 14.7 Å². The van der Waals surface area contributed by atoms with Gasteiger partial charge in [-0.2, -0.15) is 0 Å². The molecule has 1 aliphatic heterocycles. The van der Waals surface area contributed by atoms with Crippen LogP contribution in [-0.4, -0.2) is 37.7 Å². The highest BCUT2D eigenvalue weighted by atomic mass is 16.5. The van der Waals surface area contributed by atoms with E-state index in [4.69, 9.17) is 4.74 Å². The van der Waals surface area contributed by atoms with Crippen molar-refractivity contribution in [2.45, 2.75) is 39.3 Å². The molecule has 3 heterocycles. The molecular formula is C30H29N3O4. The van der Waals surface area contributed by atoms with Gasteiger partial charge in [-0.1, -0.05) is 61.9 Å². The van der Waals surface area contributed by atoms with Crippen LogP contribution in [0, 0.1) is 6.92 Å². The van der Waals surface area contributed by atoms with E-state index in [1.165, 1.54) is 4.90 Å². The fourth-order valence-electron chi connectivity index (χ4n) is 4.78. The maximum atomic E-state index is 13.5. The van der Waals surface area contributed by atoms with Crippen LogP contribution in [0.15, 0.2) is 84.6 Å². The van der Waals surface area contributed by atoms with Gasteiger partial charge in [-0.3, -0.25) is 14.0 Å². The molecular weight excluding hydrogens is 466 g/mol. The number of hydrogen-bond donors (Lipinski definition) is 1. The van der Waals surface area contributed by atoms with Gasteiger partial charge in [-0.05, 0) is 48.7 Å². The van der Waals surface area contributed by atoms with E-state index in [-0.39, 0.29) is 17.9 Å². The predicted molar refractivity (Wildman–Crippen MR) is 141 cm³/mol. The van der Waals surface area contributed by atoms with Crippen LogP contribution in [0.5, 0.6) is 5.75 Å². The molecule has 7 heteroatoms. The highest BCUT2D eigenvalue weighted by molar-refractivity contribution is 6.46. The number of aromatic nitrogens is 2. The summed E-state index contributed by atoms with van der Waals surface area (Å²) >= 11 is 0. The summed E-state index contributed by atoms with van der Waals surface area (Å²) in [7, 11) is 0. The molecule has 1 atom stereocenters. The zero-order chi connectivity index (χ0) is 25.9. The number of likely N-dealkylation sites (tertiary alicyclic amines) is 1. The SMILES string of the molecule is CCCCOc1ccc(C2C(=C(O)c3c(C)nc4ccccn34)C(=O)C(=O)N2Cc2ccccc2)cc1. The number of imidazole rings is 1. The van der Waals surface area contributed by atoms with Gasteiger partial charge in [0.25, 0.3) is 11.7 Å². The summed E-state index contributed by atoms with van der Waals surface area (Å²) in [6, 6.07) is 21.6. The normalized spacial score (nSPS) is 17.0. The third-order valence-electron chi connectivity index (χ3n) is 6.63. The lowest BCUT2D eigenvalue weighted by Crippen LogP contribution is -2.29. The Labute approximate surface area is 215 Å². The zero-order valence-electron chi connectivity index (χ0n) is 20.9. The van der Waals surface area contributed by atoms with Crippen LogP contribution in [0.3, 0.4) is 0 Å². The third-order valence-corrected chi connectivity index (χ3v) is 6.63. The topological polar surface area (TPSA) is 84.1 Å². The monoisotopic (exact) mass is 495 g/mol. The summed E-state index contributed by atoms with van der Waals surface area (Å²) in [5.74, 6) is -0.884. The number of aliphatic hydroxyl groups excluding tert-OH is 1. The zero-order valence-corrected chi connectivity index (χ0v) is 20.9. The summed E-state index contributed by atoms with van der Waals surface area (Å²) in [5, 5.41) is 11.6. The lowest BCUT2D eigenvalue weighted by Gasteiger charge is -2.25. The molecule has 1 aliphatic rings. The highest BCUT2D eigenvalue weighted by Gasteiger charge is 2.46. The van der Waals surface area contributed by atoms with Gasteiger partial charge in [0.05, 0.1) is 23.9 Å². The number of pyridine rings is 1. The molecule has 2 aromatic heterocycles. The maximum Gasteiger partial charge on any atom is 0.295 e. The number of ether oxygens (including phenoxy) is 1. The van der Waals surface area contributed by atoms with E-state index in [1.807, 2.05) is 72.8 Å². The number of benzene rings is 2. The minimum atomic E-state index is -0.765. The van der Waals surface area contributed by atoms with Crippen molar-refractivity contribution in [1.29, 1.82) is 0 Å². The van der Waals surface area contributed by atoms with Crippen molar-refractivity contribution in [3.63, 3.8) is 0 Å². The number of rotatable bonds is 8. The summed E-state index contributed by atoms with van der Waals surface area (Å²) in [4.78, 5) is 32.8. The van der Waals surface area contributed by atoms with E-state index in [2.05, 4.69) is 11.9 Å². The molecule has 0 saturated carbocycles. The standard InChI is InChI=1S/C30H29N3O4/c1-3-4-18-37-23-15-13-22(14-16-23)27-25(28(34)26-20(2)31-24-12-8-9-17-32(24)26)29(35)30(36)33(27)19-21-10-6-5-7-11-21/h5-17,27,34H,3-4,18-19H2,1-2H3. The van der Waals surface area contributed by atoms with Gasteiger partial charge in [-0.25, -0.2) is 4.98 Å². The largest absolute Gasteiger partial charge is 0.505 e. The van der Waals surface area contributed by atoms with Crippen molar-refractivity contribution < 1.29 is 19.4 Å². The first-order valence-electron chi connectivity index (χ1n) is 12.5. The average molecular weight is 496 g/mol. The molecule has 2 aromatic carbocycles. The second-order valence-electron chi connectivity index (χ2n) is 9.16. The van der Waals surface area contributed by atoms with Crippen LogP contribution in [0.1, 0.15) is 48.3 Å². The first kappa shape index (κ1) is 24.3. The lowest BCUT2D eigenvalue weighted by molar-refractivity contribution is -0.140. The number of fused-ring (bicyclic) bond motifs is 1. The van der Waals surface area contributed by atoms with Crippen LogP contribution in [-0.2, 0) is 16.1 Å². The molecule has 188 valence electrons. The third kappa shape index (κ3) is 4.60. The van der Waals surface area contributed by atoms with Crippen molar-refractivity contribution in [3.05, 3.63) is 107 Å². The van der Waals surface area contributed by atoms with E-state index >= 15 is 0 Å². The lowest BCUT2D eigenvalue weighted by atomic mass is 9.96. The van der Waals surface area contributed by atoms with Crippen molar-refractivity contribution in [2.24, 2.45) is 0 Å². The summed E-state index contributed by atoms with van der Waals surface area (Å²) < 4.78 is 7.54. The van der Waals surface area contributed by atoms with Gasteiger partial charge in [0.2, 0.25) is 0 Å². The van der Waals surface area contributed by atoms with E-state index < -0.39 is 17.7 Å². The quantitative estimate of drug-likeness (QED) is 0.152. The molecule has 1 unspecified atom stereocenters. The van der Waals surface area contributed by atoms with Crippen molar-refractivity contribution in [1.82, 2.24) is 14.3 Å². The molecule has 1 saturated heterocycles. The molecule has 1 N–H and O–H groups in total. The summed E-state index contributed by atoms with van der Waals surface area (Å²) in [6.45, 7) is 4.73. The molecule has 0 radical (unpaired) electrons. The van der Waals surface area contributed by atoms with Crippen LogP contribution in [0.2, 0.25) is 0 Å². The predicted octanol–water partition coefficient (Wildman–Crippen LogP) is 5.44. The Morgan fingerprint density at radius 1 is 1.00 bits per heavy atom. The minimum absolute atomic E-state index is 0.0503. The van der Waals surface area contributed by atoms with Gasteiger partial charge in [0.15, 0.2) is 5.76 Å². The number of unbranched alkanes of at least 4 members (excludes halogenated alkanes) is 1. The summed E-state index contributed by atoms with van der Waals surface area (Å²) in [5.41, 5.74) is 3.26. The fourth-order valence-corrected chi connectivity index (χ4v) is 4.78. The van der Waals surface area contributed by atoms with Gasteiger partial charge < -0.3 is 14.7 Å². The second-order valence-corrected chi connectivity index (χ2v) is 9.16. The van der Waals surface area contributed by atoms with Crippen LogP contribution >= 0.6 is 0 Å². The van der Waals surface area contributed by atoms with Crippen LogP contribution in [0.25, 0.3) is 11.4 Å². The average Bonchev–Trinajstić information content (AvgIpc) is 3.38. The Morgan fingerprint density at radius 2 is 1.73 bits per heavy atom. The van der Waals surface area contributed by atoms with Crippen molar-refractivity contribution >= 4 is 23.1 Å². The second kappa shape index (κ2) is 10.3. The smallest absolute Gasteiger partial charge is 0.295 e. The number of ketones is 1. The first-order valence-corrected chi connectivity index (χ1v) is 12.5. The molecule has 0 bridgehead atoms. The van der Waals surface area contributed by atoms with Gasteiger partial charge in [0, 0.05) is 12.7 Å². The van der Waals surface area contributed by atoms with E-state index in [0.29, 0.717) is 29.2 Å².